The minimum absolute atomic E-state index is 0.148. The summed E-state index contributed by atoms with van der Waals surface area (Å²) in [6, 6.07) is 1.92. The molecule has 0 spiro atoms. The Balaban J connectivity index is 2.89. The van der Waals surface area contributed by atoms with E-state index in [1.54, 1.807) is 0 Å². The molecule has 0 fully saturated rings. The second-order valence-electron chi connectivity index (χ2n) is 4.39. The fourth-order valence-electron chi connectivity index (χ4n) is 1.89. The normalized spacial score (nSPS) is 11.5. The number of aromatic nitrogens is 1. The summed E-state index contributed by atoms with van der Waals surface area (Å²) >= 11 is 0. The van der Waals surface area contributed by atoms with E-state index >= 15 is 0 Å². The molecule has 0 unspecified atom stereocenters. The maximum Gasteiger partial charge on any atom is 0.128 e. The lowest BCUT2D eigenvalue weighted by molar-refractivity contribution is 0.419. The lowest BCUT2D eigenvalue weighted by atomic mass is 9.90. The van der Waals surface area contributed by atoms with Gasteiger partial charge in [0.1, 0.15) is 5.82 Å². The third-order valence-electron chi connectivity index (χ3n) is 3.57. The number of hydrogen-bond acceptors (Lipinski definition) is 3. The molecule has 0 aliphatic heterocycles. The summed E-state index contributed by atoms with van der Waals surface area (Å²) in [5, 5.41) is 3.52. The largest absolute Gasteiger partial charge is 0.398 e. The average Bonchev–Trinajstić information content (AvgIpc) is 2.31. The van der Waals surface area contributed by atoms with Gasteiger partial charge >= 0.3 is 0 Å². The second kappa shape index (κ2) is 5.19. The number of nitrogens with zero attached hydrogens (tertiary/aromatic N) is 1. The van der Waals surface area contributed by atoms with Gasteiger partial charge < -0.3 is 11.1 Å². The van der Waals surface area contributed by atoms with Crippen molar-refractivity contribution in [3.63, 3.8) is 0 Å². The lowest BCUT2D eigenvalue weighted by Gasteiger charge is -2.32. The fraction of sp³-hybridized carbons (Fsp3) is 0.615. The zero-order valence-electron chi connectivity index (χ0n) is 10.8. The van der Waals surface area contributed by atoms with Gasteiger partial charge in [-0.15, -0.1) is 0 Å². The van der Waals surface area contributed by atoms with Crippen molar-refractivity contribution in [2.24, 2.45) is 0 Å². The molecule has 90 valence electrons. The van der Waals surface area contributed by atoms with E-state index in [1.807, 2.05) is 19.2 Å². The number of aryl methyl sites for hydroxylation is 1. The van der Waals surface area contributed by atoms with Gasteiger partial charge in [-0.05, 0) is 31.7 Å². The standard InChI is InChI=1S/C13H23N3/c1-5-13(6-2,7-3)16-12-8-11(14)10(4)9-15-12/h8-9H,5-7H2,1-4H3,(H3,14,15,16). The van der Waals surface area contributed by atoms with Crippen LogP contribution in [0.15, 0.2) is 12.3 Å². The molecule has 0 saturated carbocycles. The van der Waals surface area contributed by atoms with Crippen molar-refractivity contribution in [2.75, 3.05) is 11.1 Å². The maximum atomic E-state index is 5.88. The molecule has 16 heavy (non-hydrogen) atoms. The van der Waals surface area contributed by atoms with E-state index < -0.39 is 0 Å². The molecule has 1 rings (SSSR count). The van der Waals surface area contributed by atoms with Crippen molar-refractivity contribution < 1.29 is 0 Å². The van der Waals surface area contributed by atoms with Crippen molar-refractivity contribution in [2.45, 2.75) is 52.5 Å². The van der Waals surface area contributed by atoms with Crippen LogP contribution in [0.4, 0.5) is 11.5 Å². The van der Waals surface area contributed by atoms with Gasteiger partial charge in [0.2, 0.25) is 0 Å². The number of nitrogens with two attached hydrogens (primary N) is 1. The first-order valence-corrected chi connectivity index (χ1v) is 6.07. The number of nitrogens with one attached hydrogen (secondary N) is 1. The lowest BCUT2D eigenvalue weighted by Crippen LogP contribution is -2.36. The SMILES string of the molecule is CCC(CC)(CC)Nc1cc(N)c(C)cn1. The Morgan fingerprint density at radius 3 is 2.25 bits per heavy atom. The van der Waals surface area contributed by atoms with E-state index in [9.17, 15) is 0 Å². The number of nitrogen functional groups attached to an aromatic ring is 1. The summed E-state index contributed by atoms with van der Waals surface area (Å²) in [4.78, 5) is 4.38. The zero-order chi connectivity index (χ0) is 12.2. The highest BCUT2D eigenvalue weighted by molar-refractivity contribution is 5.54. The van der Waals surface area contributed by atoms with Crippen LogP contribution in [0, 0.1) is 6.92 Å². The summed E-state index contributed by atoms with van der Waals surface area (Å²) in [7, 11) is 0. The Labute approximate surface area is 98.5 Å². The number of hydrogen-bond donors (Lipinski definition) is 2. The third kappa shape index (κ3) is 2.65. The third-order valence-corrected chi connectivity index (χ3v) is 3.57. The van der Waals surface area contributed by atoms with E-state index in [0.29, 0.717) is 0 Å². The minimum atomic E-state index is 0.148. The maximum absolute atomic E-state index is 5.88. The van der Waals surface area contributed by atoms with Gasteiger partial charge in [0, 0.05) is 23.5 Å². The van der Waals surface area contributed by atoms with Crippen molar-refractivity contribution in [3.05, 3.63) is 17.8 Å². The van der Waals surface area contributed by atoms with Crippen LogP contribution in [-0.4, -0.2) is 10.5 Å². The molecule has 1 aromatic rings. The Hall–Kier alpha value is -1.25. The van der Waals surface area contributed by atoms with Crippen LogP contribution in [0.3, 0.4) is 0 Å². The number of pyridine rings is 1. The van der Waals surface area contributed by atoms with E-state index in [1.165, 1.54) is 0 Å². The van der Waals surface area contributed by atoms with Crippen molar-refractivity contribution >= 4 is 11.5 Å². The van der Waals surface area contributed by atoms with E-state index in [-0.39, 0.29) is 5.54 Å². The summed E-state index contributed by atoms with van der Waals surface area (Å²) in [5.74, 6) is 0.883. The molecule has 3 N–H and O–H groups in total. The smallest absolute Gasteiger partial charge is 0.128 e. The first-order valence-electron chi connectivity index (χ1n) is 6.07. The highest BCUT2D eigenvalue weighted by Gasteiger charge is 2.23. The zero-order valence-corrected chi connectivity index (χ0v) is 10.8. The van der Waals surface area contributed by atoms with E-state index in [2.05, 4.69) is 31.1 Å². The van der Waals surface area contributed by atoms with Crippen molar-refractivity contribution in [3.8, 4) is 0 Å². The van der Waals surface area contributed by atoms with Gasteiger partial charge in [-0.2, -0.15) is 0 Å². The molecule has 0 amide bonds. The molecule has 0 bridgehead atoms. The summed E-state index contributed by atoms with van der Waals surface area (Å²) in [6.07, 6.45) is 5.10. The molecular weight excluding hydrogens is 198 g/mol. The molecule has 1 aromatic heterocycles. The van der Waals surface area contributed by atoms with Crippen molar-refractivity contribution in [1.29, 1.82) is 0 Å². The molecule has 3 nitrogen and oxygen atoms in total. The predicted molar refractivity (Wildman–Crippen MR) is 70.6 cm³/mol. The highest BCUT2D eigenvalue weighted by Crippen LogP contribution is 2.25. The Kier molecular flexibility index (Phi) is 4.16. The monoisotopic (exact) mass is 221 g/mol. The predicted octanol–water partition coefficient (Wildman–Crippen LogP) is 3.35. The molecule has 0 saturated heterocycles. The first-order chi connectivity index (χ1) is 7.56. The highest BCUT2D eigenvalue weighted by atomic mass is 15.1. The topological polar surface area (TPSA) is 50.9 Å². The van der Waals surface area contributed by atoms with Crippen LogP contribution in [0.1, 0.15) is 45.6 Å². The van der Waals surface area contributed by atoms with Gasteiger partial charge in [-0.3, -0.25) is 0 Å². The Bertz CT molecular complexity index is 335. The van der Waals surface area contributed by atoms with E-state index in [4.69, 9.17) is 5.73 Å². The Morgan fingerprint density at radius 2 is 1.81 bits per heavy atom. The number of rotatable bonds is 5. The Morgan fingerprint density at radius 1 is 1.25 bits per heavy atom. The van der Waals surface area contributed by atoms with Gasteiger partial charge in [0.25, 0.3) is 0 Å². The van der Waals surface area contributed by atoms with Crippen molar-refractivity contribution in [1.82, 2.24) is 4.98 Å². The molecule has 0 aliphatic rings. The molecule has 0 atom stereocenters. The van der Waals surface area contributed by atoms with Crippen LogP contribution >= 0.6 is 0 Å². The van der Waals surface area contributed by atoms with Crippen LogP contribution in [0.5, 0.6) is 0 Å². The van der Waals surface area contributed by atoms with Gasteiger partial charge in [0.05, 0.1) is 0 Å². The molecule has 1 heterocycles. The second-order valence-corrected chi connectivity index (χ2v) is 4.39. The summed E-state index contributed by atoms with van der Waals surface area (Å²) < 4.78 is 0. The van der Waals surface area contributed by atoms with Crippen LogP contribution in [0.2, 0.25) is 0 Å². The average molecular weight is 221 g/mol. The van der Waals surface area contributed by atoms with E-state index in [0.717, 1.165) is 36.3 Å². The molecule has 0 aromatic carbocycles. The first kappa shape index (κ1) is 12.8. The fourth-order valence-corrected chi connectivity index (χ4v) is 1.89. The molecule has 0 aliphatic carbocycles. The van der Waals surface area contributed by atoms with Crippen LogP contribution < -0.4 is 11.1 Å². The summed E-state index contributed by atoms with van der Waals surface area (Å²) in [5.41, 5.74) is 7.86. The number of anilines is 2. The summed E-state index contributed by atoms with van der Waals surface area (Å²) in [6.45, 7) is 8.59. The molecular formula is C13H23N3. The van der Waals surface area contributed by atoms with Gasteiger partial charge in [-0.25, -0.2) is 4.98 Å². The van der Waals surface area contributed by atoms with Gasteiger partial charge in [-0.1, -0.05) is 20.8 Å². The quantitative estimate of drug-likeness (QED) is 0.801. The van der Waals surface area contributed by atoms with Crippen LogP contribution in [0.25, 0.3) is 0 Å². The minimum Gasteiger partial charge on any atom is -0.398 e. The molecule has 0 radical (unpaired) electrons. The molecule has 3 heteroatoms. The van der Waals surface area contributed by atoms with Crippen LogP contribution in [-0.2, 0) is 0 Å². The van der Waals surface area contributed by atoms with Gasteiger partial charge in [0.15, 0.2) is 0 Å².